The minimum atomic E-state index is -1.06. The molecule has 0 aliphatic carbocycles. The third-order valence-corrected chi connectivity index (χ3v) is 5.07. The van der Waals surface area contributed by atoms with E-state index in [9.17, 15) is 0 Å². The highest BCUT2D eigenvalue weighted by atomic mass is 35.5. The fraction of sp³-hybridized carbons (Fsp3) is 0.500. The summed E-state index contributed by atoms with van der Waals surface area (Å²) in [6, 6.07) is 3.01. The number of nitrogens with zero attached hydrogens (tertiary/aromatic N) is 3. The van der Waals surface area contributed by atoms with E-state index in [1.165, 1.54) is 0 Å². The van der Waals surface area contributed by atoms with E-state index in [0.29, 0.717) is 17.0 Å². The molecule has 19 heavy (non-hydrogen) atoms. The van der Waals surface area contributed by atoms with Gasteiger partial charge in [0.2, 0.25) is 0 Å². The number of fused-ring (bicyclic) bond motifs is 1. The second-order valence-electron chi connectivity index (χ2n) is 5.68. The summed E-state index contributed by atoms with van der Waals surface area (Å²) in [6.45, 7) is 8.20. The molecule has 0 aliphatic rings. The summed E-state index contributed by atoms with van der Waals surface area (Å²) in [5, 5.41) is 9.11. The Kier molecular flexibility index (Phi) is 4.50. The molecule has 0 N–H and O–H groups in total. The molecular formula is C12H17Cl2N3OSi. The molecular weight excluding hydrogens is 301 g/mol. The lowest BCUT2D eigenvalue weighted by Crippen LogP contribution is -2.22. The molecule has 0 atom stereocenters. The predicted octanol–water partition coefficient (Wildman–Crippen LogP) is 4.05. The second-order valence-corrected chi connectivity index (χ2v) is 12.0. The normalized spacial score (nSPS) is 12.3. The van der Waals surface area contributed by atoms with Crippen LogP contribution in [0.1, 0.15) is 0 Å². The number of ether oxygens (including phenoxy) is 1. The lowest BCUT2D eigenvalue weighted by atomic mass is 10.4. The lowest BCUT2D eigenvalue weighted by Gasteiger charge is -2.15. The average molecular weight is 318 g/mol. The van der Waals surface area contributed by atoms with Gasteiger partial charge in [-0.25, -0.2) is 0 Å². The van der Waals surface area contributed by atoms with Crippen molar-refractivity contribution in [2.75, 3.05) is 6.61 Å². The van der Waals surface area contributed by atoms with Crippen LogP contribution < -0.4 is 0 Å². The van der Waals surface area contributed by atoms with Crippen LogP contribution in [0.3, 0.4) is 0 Å². The first-order valence-corrected chi connectivity index (χ1v) is 10.6. The van der Waals surface area contributed by atoms with Gasteiger partial charge in [-0.3, -0.25) is 0 Å². The summed E-state index contributed by atoms with van der Waals surface area (Å²) < 4.78 is 7.61. The van der Waals surface area contributed by atoms with Crippen molar-refractivity contribution in [3.8, 4) is 0 Å². The number of rotatable bonds is 5. The Labute approximate surface area is 123 Å². The fourth-order valence-corrected chi connectivity index (χ4v) is 2.90. The Morgan fingerprint density at radius 3 is 2.58 bits per heavy atom. The summed E-state index contributed by atoms with van der Waals surface area (Å²) in [5.41, 5.74) is 0.773. The van der Waals surface area contributed by atoms with Crippen molar-refractivity contribution in [2.24, 2.45) is 0 Å². The van der Waals surface area contributed by atoms with E-state index >= 15 is 0 Å². The van der Waals surface area contributed by atoms with Gasteiger partial charge < -0.3 is 9.30 Å². The quantitative estimate of drug-likeness (QED) is 0.617. The minimum Gasteiger partial charge on any atom is -0.361 e. The molecule has 7 heteroatoms. The smallest absolute Gasteiger partial charge is 0.176 e. The van der Waals surface area contributed by atoms with Crippen LogP contribution in [0, 0.1) is 0 Å². The molecule has 0 amide bonds. The zero-order valence-corrected chi connectivity index (χ0v) is 13.8. The number of hydrogen-bond acceptors (Lipinski definition) is 3. The van der Waals surface area contributed by atoms with E-state index in [0.717, 1.165) is 23.6 Å². The maximum absolute atomic E-state index is 6.06. The van der Waals surface area contributed by atoms with Crippen LogP contribution in [0.4, 0.5) is 0 Å². The Morgan fingerprint density at radius 2 is 1.89 bits per heavy atom. The zero-order valence-electron chi connectivity index (χ0n) is 11.3. The Balaban J connectivity index is 2.08. The molecule has 0 saturated carbocycles. The third-order valence-electron chi connectivity index (χ3n) is 2.83. The van der Waals surface area contributed by atoms with Crippen molar-refractivity contribution in [3.05, 3.63) is 22.6 Å². The predicted molar refractivity (Wildman–Crippen MR) is 81.7 cm³/mol. The van der Waals surface area contributed by atoms with Gasteiger partial charge in [-0.05, 0) is 12.1 Å². The molecule has 0 radical (unpaired) electrons. The van der Waals surface area contributed by atoms with Crippen LogP contribution in [-0.2, 0) is 11.5 Å². The van der Waals surface area contributed by atoms with Gasteiger partial charge in [0.05, 0.1) is 5.52 Å². The van der Waals surface area contributed by atoms with Gasteiger partial charge in [0.25, 0.3) is 0 Å². The highest BCUT2D eigenvalue weighted by Gasteiger charge is 2.13. The van der Waals surface area contributed by atoms with E-state index in [1.54, 1.807) is 0 Å². The van der Waals surface area contributed by atoms with E-state index in [-0.39, 0.29) is 0 Å². The standard InChI is InChI=1S/C12H17Cl2N3OSi/c1-19(2,3)7-6-18-8-17-5-4-9-10(17)12(14)16-15-11(9)13/h4-5H,6-8H2,1-3H3. The molecule has 4 nitrogen and oxygen atoms in total. The minimum absolute atomic E-state index is 0.346. The Morgan fingerprint density at radius 1 is 1.21 bits per heavy atom. The molecule has 0 bridgehead atoms. The first-order valence-electron chi connectivity index (χ1n) is 6.13. The van der Waals surface area contributed by atoms with Gasteiger partial charge in [-0.15, -0.1) is 10.2 Å². The Hall–Kier alpha value is -0.623. The molecule has 2 rings (SSSR count). The molecule has 0 unspecified atom stereocenters. The highest BCUT2D eigenvalue weighted by molar-refractivity contribution is 6.76. The molecule has 0 saturated heterocycles. The van der Waals surface area contributed by atoms with Gasteiger partial charge in [0.1, 0.15) is 6.73 Å². The topological polar surface area (TPSA) is 39.9 Å². The first-order chi connectivity index (χ1) is 8.88. The maximum Gasteiger partial charge on any atom is 0.176 e. The number of aromatic nitrogens is 3. The summed E-state index contributed by atoms with van der Waals surface area (Å²) in [4.78, 5) is 0. The summed E-state index contributed by atoms with van der Waals surface area (Å²) in [6.07, 6.45) is 1.89. The van der Waals surface area contributed by atoms with E-state index in [4.69, 9.17) is 27.9 Å². The van der Waals surface area contributed by atoms with Gasteiger partial charge in [0.15, 0.2) is 10.3 Å². The maximum atomic E-state index is 6.06. The van der Waals surface area contributed by atoms with Gasteiger partial charge in [0, 0.05) is 26.3 Å². The average Bonchev–Trinajstić information content (AvgIpc) is 2.73. The van der Waals surface area contributed by atoms with Crippen molar-refractivity contribution >= 4 is 42.2 Å². The molecule has 0 aliphatic heterocycles. The van der Waals surface area contributed by atoms with Crippen LogP contribution in [0.25, 0.3) is 10.9 Å². The monoisotopic (exact) mass is 317 g/mol. The largest absolute Gasteiger partial charge is 0.361 e. The van der Waals surface area contributed by atoms with E-state index in [2.05, 4.69) is 29.8 Å². The van der Waals surface area contributed by atoms with Crippen LogP contribution in [0.5, 0.6) is 0 Å². The molecule has 104 valence electrons. The lowest BCUT2D eigenvalue weighted by molar-refractivity contribution is 0.0902. The van der Waals surface area contributed by atoms with Crippen LogP contribution in [-0.4, -0.2) is 29.4 Å². The molecule has 2 aromatic rings. The Bertz CT molecular complexity index is 580. The molecule has 0 spiro atoms. The summed E-state index contributed by atoms with van der Waals surface area (Å²) in [5.74, 6) is 0. The van der Waals surface area contributed by atoms with Crippen molar-refractivity contribution < 1.29 is 4.74 Å². The van der Waals surface area contributed by atoms with E-state index in [1.807, 2.05) is 16.8 Å². The SMILES string of the molecule is C[Si](C)(C)CCOCn1ccc2c(Cl)nnc(Cl)c21. The zero-order chi connectivity index (χ0) is 14.0. The highest BCUT2D eigenvalue weighted by Crippen LogP contribution is 2.26. The van der Waals surface area contributed by atoms with Crippen molar-refractivity contribution in [1.29, 1.82) is 0 Å². The first kappa shape index (κ1) is 14.8. The van der Waals surface area contributed by atoms with Crippen molar-refractivity contribution in [2.45, 2.75) is 32.4 Å². The number of hydrogen-bond donors (Lipinski definition) is 0. The van der Waals surface area contributed by atoms with Gasteiger partial charge >= 0.3 is 0 Å². The van der Waals surface area contributed by atoms with Gasteiger partial charge in [-0.2, -0.15) is 0 Å². The van der Waals surface area contributed by atoms with Crippen LogP contribution in [0.15, 0.2) is 12.3 Å². The summed E-state index contributed by atoms with van der Waals surface area (Å²) in [7, 11) is -1.06. The third kappa shape index (κ3) is 3.69. The van der Waals surface area contributed by atoms with Crippen molar-refractivity contribution in [1.82, 2.24) is 14.8 Å². The van der Waals surface area contributed by atoms with Crippen LogP contribution >= 0.6 is 23.2 Å². The van der Waals surface area contributed by atoms with Crippen molar-refractivity contribution in [3.63, 3.8) is 0 Å². The molecule has 2 aromatic heterocycles. The van der Waals surface area contributed by atoms with Gasteiger partial charge in [-0.1, -0.05) is 42.8 Å². The van der Waals surface area contributed by atoms with Crippen LogP contribution in [0.2, 0.25) is 36.0 Å². The second kappa shape index (κ2) is 5.79. The molecule has 2 heterocycles. The number of halogens is 2. The summed E-state index contributed by atoms with van der Waals surface area (Å²) >= 11 is 12.0. The van der Waals surface area contributed by atoms with E-state index < -0.39 is 8.07 Å². The molecule has 0 aromatic carbocycles. The molecule has 0 fully saturated rings. The fourth-order valence-electron chi connectivity index (χ4n) is 1.71.